The number of hydrogen-bond acceptors (Lipinski definition) is 5. The van der Waals surface area contributed by atoms with Crippen LogP contribution in [0.15, 0.2) is 12.3 Å². The van der Waals surface area contributed by atoms with Gasteiger partial charge in [0.2, 0.25) is 5.82 Å². The predicted octanol–water partition coefficient (Wildman–Crippen LogP) is 1.69. The van der Waals surface area contributed by atoms with Crippen molar-refractivity contribution in [2.24, 2.45) is 0 Å². The minimum absolute atomic E-state index is 0.122. The number of hydrogen-bond donors (Lipinski definition) is 1. The third-order valence-corrected chi connectivity index (χ3v) is 2.00. The SMILES string of the molecule is C#CCC(C)Nc1ncc(C#N)cc1[N+](=O)[O-]. The number of anilines is 1. The molecule has 0 aliphatic rings. The lowest BCUT2D eigenvalue weighted by molar-refractivity contribution is -0.384. The summed E-state index contributed by atoms with van der Waals surface area (Å²) >= 11 is 0. The van der Waals surface area contributed by atoms with Gasteiger partial charge in [0.25, 0.3) is 0 Å². The second-order valence-corrected chi connectivity index (χ2v) is 3.41. The summed E-state index contributed by atoms with van der Waals surface area (Å²) in [5.74, 6) is 2.57. The third-order valence-electron chi connectivity index (χ3n) is 2.00. The van der Waals surface area contributed by atoms with Gasteiger partial charge in [-0.15, -0.1) is 12.3 Å². The van der Waals surface area contributed by atoms with Gasteiger partial charge in [-0.1, -0.05) is 0 Å². The molecular formula is C11H10N4O2. The molecule has 17 heavy (non-hydrogen) atoms. The van der Waals surface area contributed by atoms with E-state index in [0.29, 0.717) is 6.42 Å². The summed E-state index contributed by atoms with van der Waals surface area (Å²) in [6, 6.07) is 2.85. The largest absolute Gasteiger partial charge is 0.361 e. The van der Waals surface area contributed by atoms with Gasteiger partial charge in [-0.2, -0.15) is 5.26 Å². The molecule has 1 heterocycles. The molecule has 0 aliphatic carbocycles. The highest BCUT2D eigenvalue weighted by Crippen LogP contribution is 2.23. The second-order valence-electron chi connectivity index (χ2n) is 3.41. The molecule has 1 aromatic rings. The minimum Gasteiger partial charge on any atom is -0.361 e. The van der Waals surface area contributed by atoms with E-state index in [9.17, 15) is 10.1 Å². The summed E-state index contributed by atoms with van der Waals surface area (Å²) in [7, 11) is 0. The summed E-state index contributed by atoms with van der Waals surface area (Å²) in [6.45, 7) is 1.80. The molecule has 0 spiro atoms. The molecule has 0 aliphatic heterocycles. The second kappa shape index (κ2) is 5.47. The lowest BCUT2D eigenvalue weighted by Crippen LogP contribution is -2.16. The zero-order valence-corrected chi connectivity index (χ0v) is 9.17. The molecule has 0 amide bonds. The molecule has 1 aromatic heterocycles. The van der Waals surface area contributed by atoms with Crippen molar-refractivity contribution in [3.8, 4) is 18.4 Å². The first-order valence-corrected chi connectivity index (χ1v) is 4.83. The van der Waals surface area contributed by atoms with Crippen molar-refractivity contribution in [2.75, 3.05) is 5.32 Å². The van der Waals surface area contributed by atoms with Crippen molar-refractivity contribution in [1.82, 2.24) is 4.98 Å². The van der Waals surface area contributed by atoms with E-state index in [1.807, 2.05) is 0 Å². The average Bonchev–Trinajstić information content (AvgIpc) is 2.29. The Kier molecular flexibility index (Phi) is 4.02. The van der Waals surface area contributed by atoms with Crippen LogP contribution in [0.5, 0.6) is 0 Å². The van der Waals surface area contributed by atoms with E-state index < -0.39 is 4.92 Å². The minimum atomic E-state index is -0.585. The molecule has 1 atom stereocenters. The number of nitrogens with zero attached hydrogens (tertiary/aromatic N) is 3. The number of terminal acetylenes is 1. The van der Waals surface area contributed by atoms with Crippen molar-refractivity contribution in [1.29, 1.82) is 5.26 Å². The van der Waals surface area contributed by atoms with Gasteiger partial charge in [-0.05, 0) is 6.92 Å². The molecule has 1 unspecified atom stereocenters. The quantitative estimate of drug-likeness (QED) is 0.482. The molecule has 1 rings (SSSR count). The number of nitriles is 1. The molecule has 86 valence electrons. The van der Waals surface area contributed by atoms with E-state index in [-0.39, 0.29) is 23.1 Å². The highest BCUT2D eigenvalue weighted by atomic mass is 16.6. The summed E-state index contributed by atoms with van der Waals surface area (Å²) in [5.41, 5.74) is -0.0835. The standard InChI is InChI=1S/C11H10N4O2/c1-3-4-8(2)14-11-10(15(16)17)5-9(6-12)7-13-11/h1,5,7-8H,4H2,2H3,(H,13,14). The fourth-order valence-corrected chi connectivity index (χ4v) is 1.23. The topological polar surface area (TPSA) is 91.8 Å². The lowest BCUT2D eigenvalue weighted by atomic mass is 10.2. The number of pyridine rings is 1. The molecule has 0 bridgehead atoms. The molecular weight excluding hydrogens is 220 g/mol. The Morgan fingerprint density at radius 3 is 3.00 bits per heavy atom. The van der Waals surface area contributed by atoms with Crippen LogP contribution in [0.25, 0.3) is 0 Å². The zero-order valence-electron chi connectivity index (χ0n) is 9.17. The van der Waals surface area contributed by atoms with Gasteiger partial charge >= 0.3 is 5.69 Å². The highest BCUT2D eigenvalue weighted by Gasteiger charge is 2.17. The number of aromatic nitrogens is 1. The van der Waals surface area contributed by atoms with Crippen LogP contribution in [0.4, 0.5) is 11.5 Å². The molecule has 0 saturated carbocycles. The molecule has 0 aromatic carbocycles. The van der Waals surface area contributed by atoms with Gasteiger partial charge in [0.05, 0.1) is 10.5 Å². The van der Waals surface area contributed by atoms with Crippen LogP contribution in [0, 0.1) is 33.8 Å². The maximum Gasteiger partial charge on any atom is 0.312 e. The number of rotatable bonds is 4. The lowest BCUT2D eigenvalue weighted by Gasteiger charge is -2.11. The normalized spacial score (nSPS) is 11.0. The van der Waals surface area contributed by atoms with Crippen LogP contribution in [0.2, 0.25) is 0 Å². The van der Waals surface area contributed by atoms with Crippen LogP contribution < -0.4 is 5.32 Å². The summed E-state index contributed by atoms with van der Waals surface area (Å²) in [4.78, 5) is 14.1. The van der Waals surface area contributed by atoms with E-state index in [2.05, 4.69) is 16.2 Å². The van der Waals surface area contributed by atoms with Gasteiger partial charge in [0.1, 0.15) is 6.07 Å². The molecule has 0 radical (unpaired) electrons. The van der Waals surface area contributed by atoms with Crippen molar-refractivity contribution >= 4 is 11.5 Å². The first-order valence-electron chi connectivity index (χ1n) is 4.83. The number of nitrogens with one attached hydrogen (secondary N) is 1. The molecule has 0 fully saturated rings. The Labute approximate surface area is 98.4 Å². The van der Waals surface area contributed by atoms with Gasteiger partial charge in [0.15, 0.2) is 0 Å². The molecule has 6 heteroatoms. The molecule has 0 saturated heterocycles. The monoisotopic (exact) mass is 230 g/mol. The summed E-state index contributed by atoms with van der Waals surface area (Å²) < 4.78 is 0. The Hall–Kier alpha value is -2.60. The van der Waals surface area contributed by atoms with Gasteiger partial charge in [-0.25, -0.2) is 4.98 Å². The maximum atomic E-state index is 10.8. The van der Waals surface area contributed by atoms with E-state index in [1.54, 1.807) is 13.0 Å². The van der Waals surface area contributed by atoms with E-state index in [1.165, 1.54) is 12.3 Å². The van der Waals surface area contributed by atoms with Crippen molar-refractivity contribution in [3.05, 3.63) is 27.9 Å². The molecule has 1 N–H and O–H groups in total. The maximum absolute atomic E-state index is 10.8. The van der Waals surface area contributed by atoms with Gasteiger partial charge < -0.3 is 5.32 Å². The average molecular weight is 230 g/mol. The summed E-state index contributed by atoms with van der Waals surface area (Å²) in [6.07, 6.45) is 6.84. The van der Waals surface area contributed by atoms with Crippen LogP contribution in [-0.2, 0) is 0 Å². The van der Waals surface area contributed by atoms with Crippen LogP contribution in [-0.4, -0.2) is 15.9 Å². The Bertz CT molecular complexity index is 513. The van der Waals surface area contributed by atoms with Crippen LogP contribution >= 0.6 is 0 Å². The zero-order chi connectivity index (χ0) is 12.8. The van der Waals surface area contributed by atoms with Crippen molar-refractivity contribution in [3.63, 3.8) is 0 Å². The third kappa shape index (κ3) is 3.18. The predicted molar refractivity (Wildman–Crippen MR) is 62.1 cm³/mol. The van der Waals surface area contributed by atoms with Crippen molar-refractivity contribution in [2.45, 2.75) is 19.4 Å². The van der Waals surface area contributed by atoms with Gasteiger partial charge in [0, 0.05) is 24.7 Å². The first kappa shape index (κ1) is 12.5. The fourth-order valence-electron chi connectivity index (χ4n) is 1.23. The smallest absolute Gasteiger partial charge is 0.312 e. The Balaban J connectivity index is 3.04. The Morgan fingerprint density at radius 1 is 1.76 bits per heavy atom. The molecule has 6 nitrogen and oxygen atoms in total. The van der Waals surface area contributed by atoms with E-state index in [0.717, 1.165) is 0 Å². The van der Waals surface area contributed by atoms with Gasteiger partial charge in [-0.3, -0.25) is 10.1 Å². The number of nitro groups is 1. The Morgan fingerprint density at radius 2 is 2.47 bits per heavy atom. The summed E-state index contributed by atoms with van der Waals surface area (Å²) in [5, 5.41) is 22.3. The van der Waals surface area contributed by atoms with E-state index >= 15 is 0 Å². The van der Waals surface area contributed by atoms with Crippen LogP contribution in [0.3, 0.4) is 0 Å². The van der Waals surface area contributed by atoms with Crippen molar-refractivity contribution < 1.29 is 4.92 Å². The first-order chi connectivity index (χ1) is 8.08. The van der Waals surface area contributed by atoms with E-state index in [4.69, 9.17) is 11.7 Å². The fraction of sp³-hybridized carbons (Fsp3) is 0.273. The highest BCUT2D eigenvalue weighted by molar-refractivity contribution is 5.58. The van der Waals surface area contributed by atoms with Crippen LogP contribution in [0.1, 0.15) is 18.9 Å².